The summed E-state index contributed by atoms with van der Waals surface area (Å²) in [4.78, 5) is 0. The van der Waals surface area contributed by atoms with E-state index in [0.717, 1.165) is 17.0 Å². The van der Waals surface area contributed by atoms with Crippen molar-refractivity contribution in [2.24, 2.45) is 5.92 Å². The van der Waals surface area contributed by atoms with Gasteiger partial charge in [0.1, 0.15) is 5.82 Å². The number of allylic oxidation sites excluding steroid dienone is 3. The molecule has 0 radical (unpaired) electrons. The van der Waals surface area contributed by atoms with Crippen LogP contribution in [0.4, 0.5) is 4.39 Å². The summed E-state index contributed by atoms with van der Waals surface area (Å²) in [7, 11) is 0. The van der Waals surface area contributed by atoms with Gasteiger partial charge in [0.05, 0.1) is 0 Å². The highest BCUT2D eigenvalue weighted by Gasteiger charge is 2.21. The highest BCUT2D eigenvalue weighted by atomic mass is 19.1. The zero-order chi connectivity index (χ0) is 16.8. The lowest BCUT2D eigenvalue weighted by Gasteiger charge is -2.28. The molecule has 0 heterocycles. The van der Waals surface area contributed by atoms with E-state index < -0.39 is 0 Å². The average molecular weight is 320 g/mol. The Balaban J connectivity index is 1.59. The van der Waals surface area contributed by atoms with Gasteiger partial charge in [-0.1, -0.05) is 61.2 Å². The van der Waals surface area contributed by atoms with Crippen molar-refractivity contribution in [1.29, 1.82) is 0 Å². The van der Waals surface area contributed by atoms with Crippen LogP contribution in [0.5, 0.6) is 0 Å². The molecule has 0 nitrogen and oxygen atoms in total. The maximum Gasteiger partial charge on any atom is 0.123 e. The second-order valence-corrected chi connectivity index (χ2v) is 6.75. The number of rotatable bonds is 5. The molecule has 2 aromatic rings. The van der Waals surface area contributed by atoms with Crippen LogP contribution in [-0.4, -0.2) is 0 Å². The lowest BCUT2D eigenvalue weighted by Crippen LogP contribution is -2.12. The summed E-state index contributed by atoms with van der Waals surface area (Å²) in [6, 6.07) is 15.6. The van der Waals surface area contributed by atoms with E-state index in [1.165, 1.54) is 49.8 Å². The van der Waals surface area contributed by atoms with E-state index in [1.54, 1.807) is 0 Å². The molecule has 1 heteroatoms. The molecule has 0 bridgehead atoms. The maximum atomic E-state index is 13.0. The normalized spacial score (nSPS) is 21.0. The first kappa shape index (κ1) is 16.7. The van der Waals surface area contributed by atoms with Crippen LogP contribution in [0.2, 0.25) is 0 Å². The minimum atomic E-state index is -0.185. The van der Waals surface area contributed by atoms with Gasteiger partial charge in [0, 0.05) is 0 Å². The molecular formula is C23H25F. The van der Waals surface area contributed by atoms with Crippen LogP contribution < -0.4 is 0 Å². The van der Waals surface area contributed by atoms with Gasteiger partial charge in [-0.25, -0.2) is 4.39 Å². The Morgan fingerprint density at radius 1 is 0.875 bits per heavy atom. The Hall–Kier alpha value is -2.15. The van der Waals surface area contributed by atoms with Crippen molar-refractivity contribution in [2.75, 3.05) is 0 Å². The lowest BCUT2D eigenvalue weighted by molar-refractivity contribution is 0.328. The zero-order valence-electron chi connectivity index (χ0n) is 14.1. The highest BCUT2D eigenvalue weighted by Crippen LogP contribution is 2.37. The van der Waals surface area contributed by atoms with E-state index in [2.05, 4.69) is 43.0 Å². The summed E-state index contributed by atoms with van der Waals surface area (Å²) in [5, 5.41) is 0. The van der Waals surface area contributed by atoms with E-state index in [1.807, 2.05) is 18.2 Å². The maximum absolute atomic E-state index is 13.0. The first-order chi connectivity index (χ1) is 11.8. The second-order valence-electron chi connectivity index (χ2n) is 6.75. The summed E-state index contributed by atoms with van der Waals surface area (Å²) in [5.41, 5.74) is 3.67. The molecule has 0 aromatic heterocycles. The fraction of sp³-hybridized carbons (Fsp3) is 0.304. The SMILES string of the molecule is C=CC=CCC1CCC(c2ccc(-c3ccc(F)cc3)cc2)CC1. The van der Waals surface area contributed by atoms with Gasteiger partial charge in [0.15, 0.2) is 0 Å². The molecule has 3 rings (SSSR count). The van der Waals surface area contributed by atoms with Gasteiger partial charge in [0.25, 0.3) is 0 Å². The first-order valence-corrected chi connectivity index (χ1v) is 8.89. The molecule has 1 aliphatic rings. The minimum Gasteiger partial charge on any atom is -0.207 e. The van der Waals surface area contributed by atoms with Gasteiger partial charge >= 0.3 is 0 Å². The molecule has 1 saturated carbocycles. The molecule has 0 aliphatic heterocycles. The third kappa shape index (κ3) is 4.23. The fourth-order valence-electron chi connectivity index (χ4n) is 3.69. The second kappa shape index (κ2) is 8.10. The van der Waals surface area contributed by atoms with Crippen molar-refractivity contribution < 1.29 is 4.39 Å². The standard InChI is InChI=1S/C23H25F/c1-2-3-4-5-18-6-8-19(9-7-18)20-10-12-21(13-11-20)22-14-16-23(24)17-15-22/h2-4,10-19H,1,5-9H2. The third-order valence-electron chi connectivity index (χ3n) is 5.15. The summed E-state index contributed by atoms with van der Waals surface area (Å²) >= 11 is 0. The Labute approximate surface area is 144 Å². The molecule has 124 valence electrons. The van der Waals surface area contributed by atoms with Crippen molar-refractivity contribution in [2.45, 2.75) is 38.0 Å². The van der Waals surface area contributed by atoms with Crippen LogP contribution in [0.1, 0.15) is 43.6 Å². The van der Waals surface area contributed by atoms with Gasteiger partial charge in [-0.15, -0.1) is 0 Å². The molecule has 2 aromatic carbocycles. The Morgan fingerprint density at radius 2 is 1.46 bits per heavy atom. The predicted octanol–water partition coefficient (Wildman–Crippen LogP) is 6.90. The summed E-state index contributed by atoms with van der Waals surface area (Å²) < 4.78 is 13.0. The molecule has 0 N–H and O–H groups in total. The first-order valence-electron chi connectivity index (χ1n) is 8.89. The topological polar surface area (TPSA) is 0 Å². The van der Waals surface area contributed by atoms with Crippen LogP contribution in [-0.2, 0) is 0 Å². The van der Waals surface area contributed by atoms with Gasteiger partial charge in [-0.2, -0.15) is 0 Å². The van der Waals surface area contributed by atoms with E-state index in [4.69, 9.17) is 0 Å². The Bertz CT molecular complexity index is 671. The molecule has 0 saturated heterocycles. The third-order valence-corrected chi connectivity index (χ3v) is 5.15. The number of halogens is 1. The summed E-state index contributed by atoms with van der Waals surface area (Å²) in [6.07, 6.45) is 12.5. The quantitative estimate of drug-likeness (QED) is 0.526. The molecule has 0 atom stereocenters. The van der Waals surface area contributed by atoms with Gasteiger partial charge in [-0.3, -0.25) is 0 Å². The van der Waals surface area contributed by atoms with Crippen LogP contribution in [0.15, 0.2) is 73.3 Å². The van der Waals surface area contributed by atoms with Gasteiger partial charge < -0.3 is 0 Å². The predicted molar refractivity (Wildman–Crippen MR) is 100 cm³/mol. The van der Waals surface area contributed by atoms with Crippen LogP contribution in [0.3, 0.4) is 0 Å². The molecular weight excluding hydrogens is 295 g/mol. The number of hydrogen-bond donors (Lipinski definition) is 0. The van der Waals surface area contributed by atoms with Crippen LogP contribution in [0.25, 0.3) is 11.1 Å². The molecule has 1 fully saturated rings. The van der Waals surface area contributed by atoms with Gasteiger partial charge in [-0.05, 0) is 72.8 Å². The van der Waals surface area contributed by atoms with Crippen molar-refractivity contribution in [3.05, 3.63) is 84.7 Å². The van der Waals surface area contributed by atoms with Crippen molar-refractivity contribution in [3.63, 3.8) is 0 Å². The lowest BCUT2D eigenvalue weighted by atomic mass is 9.77. The number of hydrogen-bond acceptors (Lipinski definition) is 0. The molecule has 1 aliphatic carbocycles. The Kier molecular flexibility index (Phi) is 5.63. The molecule has 0 amide bonds. The van der Waals surface area contributed by atoms with E-state index >= 15 is 0 Å². The fourth-order valence-corrected chi connectivity index (χ4v) is 3.69. The average Bonchev–Trinajstić information content (AvgIpc) is 2.63. The zero-order valence-corrected chi connectivity index (χ0v) is 14.1. The van der Waals surface area contributed by atoms with Crippen molar-refractivity contribution in [1.82, 2.24) is 0 Å². The van der Waals surface area contributed by atoms with Gasteiger partial charge in [0.2, 0.25) is 0 Å². The minimum absolute atomic E-state index is 0.185. The summed E-state index contributed by atoms with van der Waals surface area (Å²) in [6.45, 7) is 3.72. The van der Waals surface area contributed by atoms with Crippen molar-refractivity contribution in [3.8, 4) is 11.1 Å². The van der Waals surface area contributed by atoms with E-state index in [0.29, 0.717) is 5.92 Å². The number of benzene rings is 2. The summed E-state index contributed by atoms with van der Waals surface area (Å²) in [5.74, 6) is 1.33. The molecule has 0 unspecified atom stereocenters. The monoisotopic (exact) mass is 320 g/mol. The van der Waals surface area contributed by atoms with E-state index in [9.17, 15) is 4.39 Å². The Morgan fingerprint density at radius 3 is 2.04 bits per heavy atom. The van der Waals surface area contributed by atoms with Crippen LogP contribution >= 0.6 is 0 Å². The van der Waals surface area contributed by atoms with E-state index in [-0.39, 0.29) is 5.82 Å². The van der Waals surface area contributed by atoms with Crippen molar-refractivity contribution >= 4 is 0 Å². The molecule has 0 spiro atoms. The largest absolute Gasteiger partial charge is 0.207 e. The molecule has 24 heavy (non-hydrogen) atoms. The smallest absolute Gasteiger partial charge is 0.123 e. The van der Waals surface area contributed by atoms with Crippen LogP contribution in [0, 0.1) is 11.7 Å². The highest BCUT2D eigenvalue weighted by molar-refractivity contribution is 5.63.